The molecule has 0 bridgehead atoms. The van der Waals surface area contributed by atoms with Crippen LogP contribution in [0.2, 0.25) is 10.0 Å². The molecule has 1 amide bonds. The lowest BCUT2D eigenvalue weighted by atomic mass is 10.2. The molecule has 2 aromatic heterocycles. The summed E-state index contributed by atoms with van der Waals surface area (Å²) in [6.45, 7) is 0.517. The second kappa shape index (κ2) is 8.40. The van der Waals surface area contributed by atoms with Crippen molar-refractivity contribution in [2.45, 2.75) is 25.3 Å². The predicted octanol–water partition coefficient (Wildman–Crippen LogP) is 2.88. The van der Waals surface area contributed by atoms with E-state index in [1.54, 1.807) is 22.9 Å². The molecule has 0 aromatic carbocycles. The summed E-state index contributed by atoms with van der Waals surface area (Å²) < 4.78 is 1.73. The van der Waals surface area contributed by atoms with Gasteiger partial charge in [-0.2, -0.15) is 0 Å². The summed E-state index contributed by atoms with van der Waals surface area (Å²) in [7, 11) is 0. The number of halogens is 4. The molecule has 2 heterocycles. The van der Waals surface area contributed by atoms with Crippen molar-refractivity contribution in [1.29, 1.82) is 0 Å². The van der Waals surface area contributed by atoms with Crippen LogP contribution in [-0.4, -0.2) is 27.9 Å². The van der Waals surface area contributed by atoms with Crippen LogP contribution in [0.25, 0.3) is 5.65 Å². The van der Waals surface area contributed by atoms with Crippen LogP contribution in [0.5, 0.6) is 0 Å². The second-order valence-corrected chi connectivity index (χ2v) is 6.30. The summed E-state index contributed by atoms with van der Waals surface area (Å²) in [6, 6.07) is 1.69. The maximum absolute atomic E-state index is 11.9. The second-order valence-electron chi connectivity index (χ2n) is 5.45. The lowest BCUT2D eigenvalue weighted by molar-refractivity contribution is -0.120. The van der Waals surface area contributed by atoms with Gasteiger partial charge in [-0.3, -0.25) is 4.79 Å². The number of aromatic nitrogens is 2. The van der Waals surface area contributed by atoms with Gasteiger partial charge >= 0.3 is 0 Å². The van der Waals surface area contributed by atoms with E-state index in [0.29, 0.717) is 33.8 Å². The Bertz CT molecular complexity index is 687. The van der Waals surface area contributed by atoms with Crippen LogP contribution >= 0.6 is 48.0 Å². The van der Waals surface area contributed by atoms with Crippen molar-refractivity contribution in [3.63, 3.8) is 0 Å². The van der Waals surface area contributed by atoms with Crippen LogP contribution in [0, 0.1) is 5.92 Å². The molecule has 1 atom stereocenters. The minimum Gasteiger partial charge on any atom is -0.354 e. The summed E-state index contributed by atoms with van der Waals surface area (Å²) in [6.07, 6.45) is 6.01. The molecule has 0 aliphatic heterocycles. The molecule has 128 valence electrons. The Morgan fingerprint density at radius 1 is 1.39 bits per heavy atom. The number of nitrogens with zero attached hydrogens (tertiary/aromatic N) is 2. The number of fused-ring (bicyclic) bond motifs is 1. The summed E-state index contributed by atoms with van der Waals surface area (Å²) in [4.78, 5) is 16.3. The number of nitrogens with two attached hydrogens (primary N) is 1. The van der Waals surface area contributed by atoms with Crippen LogP contribution in [0.1, 0.15) is 18.5 Å². The monoisotopic (exact) mass is 398 g/mol. The lowest BCUT2D eigenvalue weighted by Crippen LogP contribution is -2.39. The normalized spacial score (nSPS) is 14.7. The molecule has 0 spiro atoms. The van der Waals surface area contributed by atoms with Crippen LogP contribution in [-0.2, 0) is 11.2 Å². The maximum atomic E-state index is 11.9. The van der Waals surface area contributed by atoms with E-state index in [9.17, 15) is 4.79 Å². The smallest absolute Gasteiger partial charge is 0.226 e. The molecule has 0 radical (unpaired) electrons. The van der Waals surface area contributed by atoms with Crippen molar-refractivity contribution in [3.8, 4) is 0 Å². The number of carbonyl (C=O) groups is 1. The zero-order chi connectivity index (χ0) is 15.0. The number of pyridine rings is 1. The van der Waals surface area contributed by atoms with Gasteiger partial charge in [-0.1, -0.05) is 23.2 Å². The third kappa shape index (κ3) is 5.13. The third-order valence-electron chi connectivity index (χ3n) is 3.63. The van der Waals surface area contributed by atoms with Crippen LogP contribution < -0.4 is 11.1 Å². The maximum Gasteiger partial charge on any atom is 0.226 e. The fraction of sp³-hybridized carbons (Fsp3) is 0.429. The summed E-state index contributed by atoms with van der Waals surface area (Å²) in [5.74, 6) is 0.484. The van der Waals surface area contributed by atoms with Gasteiger partial charge in [-0.15, -0.1) is 24.8 Å². The largest absolute Gasteiger partial charge is 0.354 e. The molecule has 23 heavy (non-hydrogen) atoms. The first kappa shape index (κ1) is 20.3. The molecule has 1 fully saturated rings. The Morgan fingerprint density at radius 2 is 2.09 bits per heavy atom. The Balaban J connectivity index is 0.00000132. The SMILES string of the molecule is Cl.Cl.NC(CNC(=O)Cc1cn2cc(Cl)cc(Cl)c2n1)C1CC1. The molecule has 1 saturated carbocycles. The minimum absolute atomic E-state index is 0. The van der Waals surface area contributed by atoms with Crippen molar-refractivity contribution >= 4 is 59.6 Å². The molecular formula is C14H18Cl4N4O. The van der Waals surface area contributed by atoms with Gasteiger partial charge in [-0.25, -0.2) is 4.98 Å². The first-order valence-corrected chi connectivity index (χ1v) is 7.63. The molecule has 9 heteroatoms. The van der Waals surface area contributed by atoms with Gasteiger partial charge < -0.3 is 15.5 Å². The molecule has 1 unspecified atom stereocenters. The van der Waals surface area contributed by atoms with Crippen molar-refractivity contribution in [2.75, 3.05) is 6.54 Å². The fourth-order valence-electron chi connectivity index (χ4n) is 2.31. The first-order chi connectivity index (χ1) is 10.0. The molecule has 2 aromatic rings. The number of carbonyl (C=O) groups excluding carboxylic acids is 1. The molecule has 3 N–H and O–H groups in total. The van der Waals surface area contributed by atoms with Gasteiger partial charge in [0, 0.05) is 25.0 Å². The summed E-state index contributed by atoms with van der Waals surface area (Å²) in [5, 5.41) is 3.84. The van der Waals surface area contributed by atoms with Gasteiger partial charge in [0.05, 0.1) is 22.2 Å². The average Bonchev–Trinajstić information content (AvgIpc) is 3.18. The van der Waals surface area contributed by atoms with Gasteiger partial charge in [0.2, 0.25) is 5.91 Å². The number of imidazole rings is 1. The highest BCUT2D eigenvalue weighted by Crippen LogP contribution is 2.31. The first-order valence-electron chi connectivity index (χ1n) is 6.88. The van der Waals surface area contributed by atoms with E-state index < -0.39 is 0 Å². The predicted molar refractivity (Wildman–Crippen MR) is 97.1 cm³/mol. The number of nitrogens with one attached hydrogen (secondary N) is 1. The topological polar surface area (TPSA) is 72.4 Å². The average molecular weight is 400 g/mol. The highest BCUT2D eigenvalue weighted by molar-refractivity contribution is 6.36. The Morgan fingerprint density at radius 3 is 2.74 bits per heavy atom. The molecular weight excluding hydrogens is 382 g/mol. The molecule has 0 saturated heterocycles. The van der Waals surface area contributed by atoms with Crippen LogP contribution in [0.4, 0.5) is 0 Å². The van der Waals surface area contributed by atoms with Gasteiger partial charge in [-0.05, 0) is 24.8 Å². The number of rotatable bonds is 5. The van der Waals surface area contributed by atoms with Gasteiger partial charge in [0.1, 0.15) is 0 Å². The standard InChI is InChI=1S/C14H16Cl2N4O.2ClH/c15-9-3-11(16)14-19-10(7-20(14)6-9)4-13(21)18-5-12(17)8-1-2-8;;/h3,6-8,12H,1-2,4-5,17H2,(H,18,21);2*1H. The third-order valence-corrected chi connectivity index (χ3v) is 4.11. The van der Waals surface area contributed by atoms with Crippen molar-refractivity contribution in [2.24, 2.45) is 11.7 Å². The molecule has 1 aliphatic rings. The number of hydrogen-bond donors (Lipinski definition) is 2. The van der Waals surface area contributed by atoms with Crippen molar-refractivity contribution in [1.82, 2.24) is 14.7 Å². The molecule has 5 nitrogen and oxygen atoms in total. The zero-order valence-corrected chi connectivity index (χ0v) is 15.3. The molecule has 1 aliphatic carbocycles. The summed E-state index contributed by atoms with van der Waals surface area (Å²) >= 11 is 12.0. The fourth-order valence-corrected chi connectivity index (χ4v) is 2.84. The van der Waals surface area contributed by atoms with Gasteiger partial charge in [0.25, 0.3) is 0 Å². The van der Waals surface area contributed by atoms with Crippen molar-refractivity contribution < 1.29 is 4.79 Å². The highest BCUT2D eigenvalue weighted by Gasteiger charge is 2.28. The van der Waals surface area contributed by atoms with E-state index >= 15 is 0 Å². The van der Waals surface area contributed by atoms with Gasteiger partial charge in [0.15, 0.2) is 5.65 Å². The lowest BCUT2D eigenvalue weighted by Gasteiger charge is -2.10. The van der Waals surface area contributed by atoms with Crippen LogP contribution in [0.3, 0.4) is 0 Å². The highest BCUT2D eigenvalue weighted by atomic mass is 35.5. The Labute approximate surface area is 156 Å². The van der Waals surface area contributed by atoms with E-state index in [1.807, 2.05) is 0 Å². The quantitative estimate of drug-likeness (QED) is 0.811. The van der Waals surface area contributed by atoms with E-state index in [2.05, 4.69) is 10.3 Å². The molecule has 3 rings (SSSR count). The van der Waals surface area contributed by atoms with E-state index in [1.165, 1.54) is 12.8 Å². The Kier molecular flexibility index (Phi) is 7.42. The Hall–Kier alpha value is -0.720. The van der Waals surface area contributed by atoms with E-state index in [-0.39, 0.29) is 43.2 Å². The van der Waals surface area contributed by atoms with Crippen LogP contribution in [0.15, 0.2) is 18.5 Å². The zero-order valence-electron chi connectivity index (χ0n) is 12.2. The summed E-state index contributed by atoms with van der Waals surface area (Å²) in [5.41, 5.74) is 7.20. The number of amides is 1. The minimum atomic E-state index is -0.0864. The number of hydrogen-bond acceptors (Lipinski definition) is 3. The van der Waals surface area contributed by atoms with Crippen molar-refractivity contribution in [3.05, 3.63) is 34.2 Å². The van der Waals surface area contributed by atoms with E-state index in [0.717, 1.165) is 0 Å². The van der Waals surface area contributed by atoms with E-state index in [4.69, 9.17) is 28.9 Å².